The molecule has 1 aliphatic rings. The Morgan fingerprint density at radius 2 is 2.00 bits per heavy atom. The largest absolute Gasteiger partial charge is 0.478 e. The van der Waals surface area contributed by atoms with Gasteiger partial charge in [0.05, 0.1) is 5.56 Å². The van der Waals surface area contributed by atoms with Crippen LogP contribution in [0.25, 0.3) is 0 Å². The molecule has 1 fully saturated rings. The summed E-state index contributed by atoms with van der Waals surface area (Å²) in [7, 11) is 0. The smallest absolute Gasteiger partial charge is 0.335 e. The summed E-state index contributed by atoms with van der Waals surface area (Å²) >= 11 is 0. The van der Waals surface area contributed by atoms with E-state index in [1.165, 1.54) is 6.07 Å². The number of hydrogen-bond acceptors (Lipinski definition) is 2. The number of nitrogens with one attached hydrogen (secondary N) is 2. The molecule has 0 atom stereocenters. The van der Waals surface area contributed by atoms with Crippen molar-refractivity contribution in [2.45, 2.75) is 44.7 Å². The van der Waals surface area contributed by atoms with Crippen molar-refractivity contribution in [3.8, 4) is 0 Å². The number of carbonyl (C=O) groups excluding carboxylic acids is 1. The van der Waals surface area contributed by atoms with E-state index in [4.69, 9.17) is 5.11 Å². The van der Waals surface area contributed by atoms with E-state index in [0.717, 1.165) is 31.2 Å². The fourth-order valence-electron chi connectivity index (χ4n) is 2.60. The maximum atomic E-state index is 11.9. The minimum absolute atomic E-state index is 0.104. The van der Waals surface area contributed by atoms with Gasteiger partial charge in [0, 0.05) is 12.1 Å². The third-order valence-electron chi connectivity index (χ3n) is 3.75. The molecular weight excluding hydrogens is 256 g/mol. The summed E-state index contributed by atoms with van der Waals surface area (Å²) in [6.45, 7) is 2.38. The first-order valence-electron chi connectivity index (χ1n) is 6.87. The number of carboxylic acids is 1. The number of carboxylic acid groups (broad SMARTS) is 1. The van der Waals surface area contributed by atoms with Crippen LogP contribution in [-0.4, -0.2) is 22.6 Å². The lowest BCUT2D eigenvalue weighted by Crippen LogP contribution is -2.48. The highest BCUT2D eigenvalue weighted by Gasteiger charge is 2.29. The van der Waals surface area contributed by atoms with Crippen LogP contribution in [0.1, 0.15) is 48.5 Å². The van der Waals surface area contributed by atoms with E-state index in [1.54, 1.807) is 18.2 Å². The van der Waals surface area contributed by atoms with Crippen LogP contribution >= 0.6 is 0 Å². The van der Waals surface area contributed by atoms with E-state index in [1.807, 2.05) is 0 Å². The lowest BCUT2D eigenvalue weighted by Gasteiger charge is -2.25. The number of hydrogen-bond donors (Lipinski definition) is 3. The van der Waals surface area contributed by atoms with Gasteiger partial charge in [0.1, 0.15) is 0 Å². The molecule has 1 saturated carbocycles. The molecule has 0 heterocycles. The number of benzene rings is 1. The Hall–Kier alpha value is -2.04. The zero-order chi connectivity index (χ0) is 14.6. The Labute approximate surface area is 118 Å². The first kappa shape index (κ1) is 14.4. The summed E-state index contributed by atoms with van der Waals surface area (Å²) in [6, 6.07) is 6.38. The van der Waals surface area contributed by atoms with Gasteiger partial charge in [-0.05, 0) is 37.5 Å². The molecule has 3 N–H and O–H groups in total. The van der Waals surface area contributed by atoms with Crippen LogP contribution in [-0.2, 0) is 6.54 Å². The van der Waals surface area contributed by atoms with Crippen LogP contribution in [0, 0.1) is 0 Å². The Bertz CT molecular complexity index is 508. The van der Waals surface area contributed by atoms with Crippen molar-refractivity contribution in [2.24, 2.45) is 0 Å². The van der Waals surface area contributed by atoms with Crippen molar-refractivity contribution in [3.63, 3.8) is 0 Å². The van der Waals surface area contributed by atoms with Crippen molar-refractivity contribution >= 4 is 12.0 Å². The van der Waals surface area contributed by atoms with Gasteiger partial charge in [-0.3, -0.25) is 0 Å². The minimum atomic E-state index is -0.963. The standard InChI is InChI=1S/C15H20N2O3/c1-15(7-2-3-8-15)17-14(20)16-10-11-5-4-6-12(9-11)13(18)19/h4-6,9H,2-3,7-8,10H2,1H3,(H,18,19)(H2,16,17,20). The van der Waals surface area contributed by atoms with Gasteiger partial charge < -0.3 is 15.7 Å². The third kappa shape index (κ3) is 3.73. The van der Waals surface area contributed by atoms with Crippen molar-refractivity contribution in [1.82, 2.24) is 10.6 Å². The van der Waals surface area contributed by atoms with Crippen molar-refractivity contribution in [2.75, 3.05) is 0 Å². The molecule has 0 radical (unpaired) electrons. The molecule has 20 heavy (non-hydrogen) atoms. The molecule has 0 aliphatic heterocycles. The van der Waals surface area contributed by atoms with Gasteiger partial charge in [0.25, 0.3) is 0 Å². The molecule has 1 aromatic rings. The van der Waals surface area contributed by atoms with Gasteiger partial charge >= 0.3 is 12.0 Å². The molecule has 0 bridgehead atoms. The molecule has 0 spiro atoms. The first-order valence-corrected chi connectivity index (χ1v) is 6.87. The normalized spacial score (nSPS) is 16.6. The van der Waals surface area contributed by atoms with Gasteiger partial charge in [-0.15, -0.1) is 0 Å². The van der Waals surface area contributed by atoms with Gasteiger partial charge in [0.15, 0.2) is 0 Å². The van der Waals surface area contributed by atoms with Crippen molar-refractivity contribution in [1.29, 1.82) is 0 Å². The second-order valence-corrected chi connectivity index (χ2v) is 5.58. The lowest BCUT2D eigenvalue weighted by molar-refractivity contribution is 0.0696. The van der Waals surface area contributed by atoms with E-state index in [9.17, 15) is 9.59 Å². The fraction of sp³-hybridized carbons (Fsp3) is 0.467. The minimum Gasteiger partial charge on any atom is -0.478 e. The van der Waals surface area contributed by atoms with E-state index >= 15 is 0 Å². The van der Waals surface area contributed by atoms with Crippen molar-refractivity contribution in [3.05, 3.63) is 35.4 Å². The number of rotatable bonds is 4. The molecule has 0 unspecified atom stereocenters. The molecule has 0 saturated heterocycles. The molecule has 108 valence electrons. The molecular formula is C15H20N2O3. The first-order chi connectivity index (χ1) is 9.48. The van der Waals surface area contributed by atoms with Gasteiger partial charge in [-0.25, -0.2) is 9.59 Å². The topological polar surface area (TPSA) is 78.4 Å². The Morgan fingerprint density at radius 3 is 2.65 bits per heavy atom. The highest BCUT2D eigenvalue weighted by Crippen LogP contribution is 2.28. The summed E-state index contributed by atoms with van der Waals surface area (Å²) in [5.41, 5.74) is 0.900. The van der Waals surface area contributed by atoms with Crippen LogP contribution in [0.4, 0.5) is 4.79 Å². The Morgan fingerprint density at radius 1 is 1.30 bits per heavy atom. The van der Waals surface area contributed by atoms with E-state index in [0.29, 0.717) is 6.54 Å². The SMILES string of the molecule is CC1(NC(=O)NCc2cccc(C(=O)O)c2)CCCC1. The molecule has 5 nitrogen and oxygen atoms in total. The van der Waals surface area contributed by atoms with Crippen molar-refractivity contribution < 1.29 is 14.7 Å². The van der Waals surface area contributed by atoms with E-state index < -0.39 is 5.97 Å². The summed E-state index contributed by atoms with van der Waals surface area (Å²) < 4.78 is 0. The summed E-state index contributed by atoms with van der Waals surface area (Å²) in [6.07, 6.45) is 4.32. The monoisotopic (exact) mass is 276 g/mol. The predicted molar refractivity (Wildman–Crippen MR) is 75.6 cm³/mol. The van der Waals surface area contributed by atoms with E-state index in [2.05, 4.69) is 17.6 Å². The predicted octanol–water partition coefficient (Wildman–Crippen LogP) is 2.52. The quantitative estimate of drug-likeness (QED) is 0.790. The number of aromatic carboxylic acids is 1. The highest BCUT2D eigenvalue weighted by atomic mass is 16.4. The zero-order valence-corrected chi connectivity index (χ0v) is 11.6. The fourth-order valence-corrected chi connectivity index (χ4v) is 2.60. The third-order valence-corrected chi connectivity index (χ3v) is 3.75. The molecule has 0 aromatic heterocycles. The summed E-state index contributed by atoms with van der Waals surface area (Å²) in [4.78, 5) is 22.7. The van der Waals surface area contributed by atoms with Gasteiger partial charge in [-0.1, -0.05) is 25.0 Å². The number of urea groups is 1. The average molecular weight is 276 g/mol. The number of amides is 2. The van der Waals surface area contributed by atoms with E-state index in [-0.39, 0.29) is 17.1 Å². The Kier molecular flexibility index (Phi) is 4.27. The molecule has 2 rings (SSSR count). The maximum absolute atomic E-state index is 11.9. The van der Waals surface area contributed by atoms with Gasteiger partial charge in [-0.2, -0.15) is 0 Å². The van der Waals surface area contributed by atoms with Crippen LogP contribution < -0.4 is 10.6 Å². The average Bonchev–Trinajstić information content (AvgIpc) is 2.83. The zero-order valence-electron chi connectivity index (χ0n) is 11.6. The molecule has 1 aliphatic carbocycles. The van der Waals surface area contributed by atoms with Crippen LogP contribution in [0.5, 0.6) is 0 Å². The molecule has 5 heteroatoms. The van der Waals surface area contributed by atoms with Gasteiger partial charge in [0.2, 0.25) is 0 Å². The van der Waals surface area contributed by atoms with Crippen LogP contribution in [0.15, 0.2) is 24.3 Å². The lowest BCUT2D eigenvalue weighted by atomic mass is 10.0. The van der Waals surface area contributed by atoms with Crippen LogP contribution in [0.2, 0.25) is 0 Å². The molecule has 1 aromatic carbocycles. The summed E-state index contributed by atoms with van der Waals surface area (Å²) in [5, 5.41) is 14.7. The van der Waals surface area contributed by atoms with Crippen LogP contribution in [0.3, 0.4) is 0 Å². The molecule has 2 amide bonds. The summed E-state index contributed by atoms with van der Waals surface area (Å²) in [5.74, 6) is -0.963. The Balaban J connectivity index is 1.87. The number of carbonyl (C=O) groups is 2. The second kappa shape index (κ2) is 5.94. The maximum Gasteiger partial charge on any atom is 0.335 e. The second-order valence-electron chi connectivity index (χ2n) is 5.58. The highest BCUT2D eigenvalue weighted by molar-refractivity contribution is 5.87.